The van der Waals surface area contributed by atoms with E-state index in [0.717, 1.165) is 0 Å². The highest BCUT2D eigenvalue weighted by atomic mass is 16.3. The number of para-hydroxylation sites is 1. The molecule has 0 aliphatic rings. The van der Waals surface area contributed by atoms with E-state index in [1.165, 1.54) is 0 Å². The van der Waals surface area contributed by atoms with Crippen molar-refractivity contribution in [2.75, 3.05) is 6.61 Å². The van der Waals surface area contributed by atoms with Gasteiger partial charge in [-0.25, -0.2) is 0 Å². The summed E-state index contributed by atoms with van der Waals surface area (Å²) in [7, 11) is 0. The molecule has 14 heavy (non-hydrogen) atoms. The number of phenolic OH excluding ortho intramolecular Hbond substituents is 1. The molecule has 76 valence electrons. The molecule has 0 fully saturated rings. The lowest BCUT2D eigenvalue weighted by atomic mass is 9.95. The molecule has 1 atom stereocenters. The van der Waals surface area contributed by atoms with Crippen molar-refractivity contribution >= 4 is 5.71 Å². The summed E-state index contributed by atoms with van der Waals surface area (Å²) in [5, 5.41) is 26.3. The van der Waals surface area contributed by atoms with Crippen LogP contribution in [0.4, 0.5) is 0 Å². The number of benzene rings is 1. The van der Waals surface area contributed by atoms with E-state index in [4.69, 9.17) is 10.5 Å². The van der Waals surface area contributed by atoms with Crippen LogP contribution in [0.15, 0.2) is 24.3 Å². The largest absolute Gasteiger partial charge is 0.507 e. The third-order valence-corrected chi connectivity index (χ3v) is 2.32. The van der Waals surface area contributed by atoms with E-state index in [2.05, 4.69) is 0 Å². The van der Waals surface area contributed by atoms with Gasteiger partial charge in [0.05, 0.1) is 6.61 Å². The van der Waals surface area contributed by atoms with Gasteiger partial charge in [-0.2, -0.15) is 0 Å². The van der Waals surface area contributed by atoms with Crippen LogP contribution in [0.5, 0.6) is 5.75 Å². The molecule has 0 bridgehead atoms. The van der Waals surface area contributed by atoms with Crippen LogP contribution in [0.25, 0.3) is 0 Å². The number of aliphatic hydroxyl groups excluding tert-OH is 1. The highest BCUT2D eigenvalue weighted by Gasteiger charge is 2.15. The maximum atomic E-state index is 9.50. The fourth-order valence-corrected chi connectivity index (χ4v) is 1.35. The molecule has 0 saturated carbocycles. The maximum absolute atomic E-state index is 9.50. The smallest absolute Gasteiger partial charge is 0.124 e. The zero-order valence-corrected chi connectivity index (χ0v) is 8.20. The topological polar surface area (TPSA) is 64.3 Å². The Bertz CT molecular complexity index is 319. The number of aliphatic hydroxyl groups is 1. The molecule has 0 radical (unpaired) electrons. The molecule has 1 rings (SSSR count). The first-order chi connectivity index (χ1) is 6.70. The average Bonchev–Trinajstić information content (AvgIpc) is 2.20. The minimum absolute atomic E-state index is 0.0519. The summed E-state index contributed by atoms with van der Waals surface area (Å²) in [5.74, 6) is -0.0901. The minimum atomic E-state index is -0.191. The Morgan fingerprint density at radius 2 is 2.07 bits per heavy atom. The van der Waals surface area contributed by atoms with Crippen LogP contribution in [0.3, 0.4) is 0 Å². The Labute approximate surface area is 83.5 Å². The van der Waals surface area contributed by atoms with Gasteiger partial charge in [0.25, 0.3) is 0 Å². The van der Waals surface area contributed by atoms with Crippen LogP contribution < -0.4 is 0 Å². The first kappa shape index (κ1) is 10.7. The van der Waals surface area contributed by atoms with Crippen molar-refractivity contribution in [2.24, 2.45) is 5.92 Å². The Morgan fingerprint density at radius 1 is 1.43 bits per heavy atom. The van der Waals surface area contributed by atoms with Gasteiger partial charge < -0.3 is 15.6 Å². The molecule has 0 amide bonds. The van der Waals surface area contributed by atoms with Crippen molar-refractivity contribution in [1.29, 1.82) is 5.41 Å². The lowest BCUT2D eigenvalue weighted by Gasteiger charge is -2.14. The summed E-state index contributed by atoms with van der Waals surface area (Å²) < 4.78 is 0. The Balaban J connectivity index is 2.94. The molecule has 0 spiro atoms. The molecule has 0 heterocycles. The monoisotopic (exact) mass is 193 g/mol. The quantitative estimate of drug-likeness (QED) is 0.638. The van der Waals surface area contributed by atoms with Gasteiger partial charge in [0.1, 0.15) is 5.75 Å². The standard InChI is InChI=1S/C11H15NO2/c1-2-8(7-13)11(12)9-5-3-4-6-10(9)14/h3-6,8,12-14H,2,7H2,1H3. The van der Waals surface area contributed by atoms with Gasteiger partial charge in [0, 0.05) is 17.2 Å². The van der Waals surface area contributed by atoms with Crippen LogP contribution in [0.1, 0.15) is 18.9 Å². The van der Waals surface area contributed by atoms with E-state index in [1.54, 1.807) is 24.3 Å². The van der Waals surface area contributed by atoms with Gasteiger partial charge >= 0.3 is 0 Å². The summed E-state index contributed by atoms with van der Waals surface area (Å²) in [6.07, 6.45) is 0.698. The van der Waals surface area contributed by atoms with Crippen molar-refractivity contribution in [1.82, 2.24) is 0 Å². The predicted octanol–water partition coefficient (Wildman–Crippen LogP) is 1.78. The van der Waals surface area contributed by atoms with E-state index < -0.39 is 0 Å². The van der Waals surface area contributed by atoms with Crippen molar-refractivity contribution in [3.05, 3.63) is 29.8 Å². The lowest BCUT2D eigenvalue weighted by molar-refractivity contribution is 0.258. The summed E-state index contributed by atoms with van der Waals surface area (Å²) in [5.41, 5.74) is 0.807. The fraction of sp³-hybridized carbons (Fsp3) is 0.364. The van der Waals surface area contributed by atoms with E-state index >= 15 is 0 Å². The second kappa shape index (κ2) is 4.77. The van der Waals surface area contributed by atoms with Crippen molar-refractivity contribution in [3.8, 4) is 5.75 Å². The first-order valence-corrected chi connectivity index (χ1v) is 4.68. The molecule has 0 aromatic heterocycles. The van der Waals surface area contributed by atoms with Gasteiger partial charge in [-0.3, -0.25) is 0 Å². The summed E-state index contributed by atoms with van der Waals surface area (Å²) in [6.45, 7) is 1.86. The van der Waals surface area contributed by atoms with Crippen molar-refractivity contribution in [3.63, 3.8) is 0 Å². The Hall–Kier alpha value is -1.35. The summed E-state index contributed by atoms with van der Waals surface area (Å²) >= 11 is 0. The number of rotatable bonds is 4. The zero-order valence-electron chi connectivity index (χ0n) is 8.20. The molecule has 0 saturated heterocycles. The summed E-state index contributed by atoms with van der Waals surface area (Å²) in [6, 6.07) is 6.73. The molecule has 3 nitrogen and oxygen atoms in total. The van der Waals surface area contributed by atoms with Crippen molar-refractivity contribution in [2.45, 2.75) is 13.3 Å². The molecule has 1 unspecified atom stereocenters. The SMILES string of the molecule is CCC(CO)C(=N)c1ccccc1O. The molecule has 3 heteroatoms. The third kappa shape index (κ3) is 2.12. The minimum Gasteiger partial charge on any atom is -0.507 e. The molecular weight excluding hydrogens is 178 g/mol. The van der Waals surface area contributed by atoms with Gasteiger partial charge in [-0.1, -0.05) is 19.1 Å². The van der Waals surface area contributed by atoms with Gasteiger partial charge in [-0.15, -0.1) is 0 Å². The van der Waals surface area contributed by atoms with E-state index in [9.17, 15) is 5.11 Å². The van der Waals surface area contributed by atoms with Crippen LogP contribution >= 0.6 is 0 Å². The molecule has 1 aromatic carbocycles. The number of nitrogens with one attached hydrogen (secondary N) is 1. The highest BCUT2D eigenvalue weighted by molar-refractivity contribution is 6.02. The summed E-state index contributed by atoms with van der Waals surface area (Å²) in [4.78, 5) is 0. The van der Waals surface area contributed by atoms with Gasteiger partial charge in [0.15, 0.2) is 0 Å². The Morgan fingerprint density at radius 3 is 2.57 bits per heavy atom. The number of hydrogen-bond donors (Lipinski definition) is 3. The van der Waals surface area contributed by atoms with Crippen LogP contribution in [0, 0.1) is 11.3 Å². The first-order valence-electron chi connectivity index (χ1n) is 4.68. The molecule has 0 aliphatic carbocycles. The van der Waals surface area contributed by atoms with E-state index in [-0.39, 0.29) is 18.3 Å². The van der Waals surface area contributed by atoms with E-state index in [1.807, 2.05) is 6.92 Å². The molecule has 0 aliphatic heterocycles. The molecule has 3 N–H and O–H groups in total. The van der Waals surface area contributed by atoms with Crippen LogP contribution in [-0.2, 0) is 0 Å². The van der Waals surface area contributed by atoms with Crippen molar-refractivity contribution < 1.29 is 10.2 Å². The van der Waals surface area contributed by atoms with Crippen LogP contribution in [0.2, 0.25) is 0 Å². The average molecular weight is 193 g/mol. The third-order valence-electron chi connectivity index (χ3n) is 2.32. The lowest BCUT2D eigenvalue weighted by Crippen LogP contribution is -2.17. The van der Waals surface area contributed by atoms with Gasteiger partial charge in [-0.05, 0) is 18.6 Å². The number of aromatic hydroxyl groups is 1. The van der Waals surface area contributed by atoms with Gasteiger partial charge in [0.2, 0.25) is 0 Å². The predicted molar refractivity (Wildman–Crippen MR) is 55.8 cm³/mol. The second-order valence-electron chi connectivity index (χ2n) is 3.22. The normalized spacial score (nSPS) is 12.4. The number of hydrogen-bond acceptors (Lipinski definition) is 3. The second-order valence-corrected chi connectivity index (χ2v) is 3.22. The molecule has 1 aromatic rings. The van der Waals surface area contributed by atoms with Crippen LogP contribution in [-0.4, -0.2) is 22.5 Å². The van der Waals surface area contributed by atoms with E-state index in [0.29, 0.717) is 17.7 Å². The Kier molecular flexibility index (Phi) is 3.65. The fourth-order valence-electron chi connectivity index (χ4n) is 1.35. The zero-order chi connectivity index (χ0) is 10.6. The number of phenols is 1. The highest BCUT2D eigenvalue weighted by Crippen LogP contribution is 2.20. The molecular formula is C11H15NO2. The maximum Gasteiger partial charge on any atom is 0.124 e.